The summed E-state index contributed by atoms with van der Waals surface area (Å²) in [5.41, 5.74) is -0.112. The van der Waals surface area contributed by atoms with Gasteiger partial charge in [0.1, 0.15) is 11.9 Å². The second-order valence-electron chi connectivity index (χ2n) is 6.70. The van der Waals surface area contributed by atoms with Gasteiger partial charge in [0.05, 0.1) is 35.5 Å². The first-order valence-corrected chi connectivity index (χ1v) is 11.3. The Morgan fingerprint density at radius 2 is 1.85 bits per heavy atom. The first-order valence-electron chi connectivity index (χ1n) is 9.39. The van der Waals surface area contributed by atoms with Gasteiger partial charge in [0.2, 0.25) is 15.7 Å². The maximum Gasteiger partial charge on any atom is 0.350 e. The molecule has 0 fully saturated rings. The number of nitrogens with zero attached hydrogens (tertiary/aromatic N) is 3. The number of methoxy groups -OCH3 is 2. The molecule has 0 aliphatic carbocycles. The first kappa shape index (κ1) is 24.0. The minimum absolute atomic E-state index is 0.0339. The highest BCUT2D eigenvalue weighted by molar-refractivity contribution is 7.91. The highest BCUT2D eigenvalue weighted by Gasteiger charge is 2.22. The summed E-state index contributed by atoms with van der Waals surface area (Å²) in [5, 5.41) is 17.9. The zero-order chi connectivity index (χ0) is 24.2. The maximum absolute atomic E-state index is 13.0. The van der Waals surface area contributed by atoms with Crippen LogP contribution in [0.5, 0.6) is 11.6 Å². The molecule has 11 nitrogen and oxygen atoms in total. The molecule has 174 valence electrons. The van der Waals surface area contributed by atoms with Crippen molar-refractivity contribution < 1.29 is 27.6 Å². The summed E-state index contributed by atoms with van der Waals surface area (Å²) in [6, 6.07) is 9.82. The monoisotopic (exact) mass is 494 g/mol. The van der Waals surface area contributed by atoms with Gasteiger partial charge in [-0.25, -0.2) is 8.42 Å². The molecule has 33 heavy (non-hydrogen) atoms. The lowest BCUT2D eigenvalue weighted by Crippen LogP contribution is -2.15. The minimum Gasteiger partial charge on any atom is -0.497 e. The van der Waals surface area contributed by atoms with Gasteiger partial charge in [0, 0.05) is 23.2 Å². The molecule has 1 amide bonds. The summed E-state index contributed by atoms with van der Waals surface area (Å²) >= 11 is 5.84. The third kappa shape index (κ3) is 5.59. The summed E-state index contributed by atoms with van der Waals surface area (Å²) in [7, 11) is -1.27. The van der Waals surface area contributed by atoms with Gasteiger partial charge in [-0.15, -0.1) is 5.10 Å². The molecule has 0 aliphatic rings. The number of nitrogens with one attached hydrogen (secondary N) is 1. The van der Waals surface area contributed by atoms with E-state index in [-0.39, 0.29) is 45.8 Å². The Bertz CT molecular complexity index is 1290. The molecule has 0 saturated heterocycles. The van der Waals surface area contributed by atoms with Crippen LogP contribution in [0.3, 0.4) is 0 Å². The molecule has 0 spiro atoms. The molecule has 0 saturated carbocycles. The number of sulfone groups is 1. The Hall–Kier alpha value is -3.64. The van der Waals surface area contributed by atoms with Crippen molar-refractivity contribution >= 4 is 38.7 Å². The van der Waals surface area contributed by atoms with E-state index >= 15 is 0 Å². The van der Waals surface area contributed by atoms with Gasteiger partial charge < -0.3 is 14.8 Å². The van der Waals surface area contributed by atoms with E-state index in [4.69, 9.17) is 21.1 Å². The van der Waals surface area contributed by atoms with Crippen LogP contribution in [-0.2, 0) is 21.2 Å². The Balaban J connectivity index is 1.77. The quantitative estimate of drug-likeness (QED) is 0.352. The molecule has 0 radical (unpaired) electrons. The first-order chi connectivity index (χ1) is 15.6. The molecule has 0 unspecified atom stereocenters. The fourth-order valence-corrected chi connectivity index (χ4v) is 4.33. The molecule has 2 aromatic carbocycles. The van der Waals surface area contributed by atoms with E-state index in [1.165, 1.54) is 61.4 Å². The van der Waals surface area contributed by atoms with Gasteiger partial charge in [-0.2, -0.15) is 0 Å². The van der Waals surface area contributed by atoms with E-state index in [0.717, 1.165) is 6.20 Å². The predicted octanol–water partition coefficient (Wildman–Crippen LogP) is 3.32. The van der Waals surface area contributed by atoms with Crippen LogP contribution in [0.1, 0.15) is 6.42 Å². The van der Waals surface area contributed by atoms with Crippen LogP contribution in [0.15, 0.2) is 58.5 Å². The molecule has 13 heteroatoms. The van der Waals surface area contributed by atoms with Crippen LogP contribution < -0.4 is 14.8 Å². The average Bonchev–Trinajstić information content (AvgIpc) is 3.21. The van der Waals surface area contributed by atoms with E-state index in [9.17, 15) is 23.3 Å². The zero-order valence-corrected chi connectivity index (χ0v) is 19.1. The van der Waals surface area contributed by atoms with Crippen LogP contribution in [-0.4, -0.2) is 43.2 Å². The number of benzene rings is 2. The smallest absolute Gasteiger partial charge is 0.350 e. The third-order valence-corrected chi connectivity index (χ3v) is 6.50. The standard InChI is InChI=1S/C20H19ClN4O7S/c1-31-15-9-14(10-17(11-15)33(29,30)16-5-3-13(21)4-6-16)22-19(26)7-8-24-12-18(25(27)28)20(23-24)32-2/h3-6,9-12H,7-8H2,1-2H3,(H,22,26). The average molecular weight is 495 g/mol. The van der Waals surface area contributed by atoms with Gasteiger partial charge >= 0.3 is 11.6 Å². The number of hydrogen-bond donors (Lipinski definition) is 1. The van der Waals surface area contributed by atoms with Crippen molar-refractivity contribution in [3.63, 3.8) is 0 Å². The number of halogens is 1. The number of ether oxygens (including phenoxy) is 2. The number of hydrogen-bond acceptors (Lipinski definition) is 8. The van der Waals surface area contributed by atoms with Crippen molar-refractivity contribution in [2.75, 3.05) is 19.5 Å². The number of aryl methyl sites for hydroxylation is 1. The summed E-state index contributed by atoms with van der Waals surface area (Å²) in [4.78, 5) is 22.7. The van der Waals surface area contributed by atoms with Crippen molar-refractivity contribution in [3.05, 3.63) is 63.8 Å². The molecule has 3 rings (SSSR count). The van der Waals surface area contributed by atoms with Crippen molar-refractivity contribution in [2.24, 2.45) is 0 Å². The maximum atomic E-state index is 13.0. The van der Waals surface area contributed by atoms with E-state index in [0.29, 0.717) is 5.02 Å². The van der Waals surface area contributed by atoms with Crippen molar-refractivity contribution in [1.82, 2.24) is 9.78 Å². The lowest BCUT2D eigenvalue weighted by atomic mass is 10.3. The lowest BCUT2D eigenvalue weighted by molar-refractivity contribution is -0.385. The SMILES string of the molecule is COc1cc(NC(=O)CCn2cc([N+](=O)[O-])c(OC)n2)cc(S(=O)(=O)c2ccc(Cl)cc2)c1. The van der Waals surface area contributed by atoms with E-state index < -0.39 is 20.7 Å². The van der Waals surface area contributed by atoms with Crippen molar-refractivity contribution in [2.45, 2.75) is 22.8 Å². The summed E-state index contributed by atoms with van der Waals surface area (Å²) < 4.78 is 37.2. The van der Waals surface area contributed by atoms with Crippen LogP contribution in [0.4, 0.5) is 11.4 Å². The number of carbonyl (C=O) groups is 1. The van der Waals surface area contributed by atoms with Crippen LogP contribution in [0.25, 0.3) is 0 Å². The zero-order valence-electron chi connectivity index (χ0n) is 17.5. The topological polar surface area (TPSA) is 143 Å². The largest absolute Gasteiger partial charge is 0.497 e. The Labute approximate surface area is 193 Å². The molecule has 0 bridgehead atoms. The number of anilines is 1. The van der Waals surface area contributed by atoms with Gasteiger partial charge in [0.25, 0.3) is 0 Å². The molecule has 1 N–H and O–H groups in total. The van der Waals surface area contributed by atoms with Crippen molar-refractivity contribution in [3.8, 4) is 11.6 Å². The highest BCUT2D eigenvalue weighted by atomic mass is 35.5. The number of aromatic nitrogens is 2. The fraction of sp³-hybridized carbons (Fsp3) is 0.200. The summed E-state index contributed by atoms with van der Waals surface area (Å²) in [6.07, 6.45) is 1.08. The van der Waals surface area contributed by atoms with E-state index in [1.807, 2.05) is 0 Å². The Kier molecular flexibility index (Phi) is 7.19. The second-order valence-corrected chi connectivity index (χ2v) is 9.08. The lowest BCUT2D eigenvalue weighted by Gasteiger charge is -2.11. The van der Waals surface area contributed by atoms with Crippen LogP contribution in [0.2, 0.25) is 5.02 Å². The Morgan fingerprint density at radius 1 is 1.15 bits per heavy atom. The number of carbonyl (C=O) groups excluding carboxylic acids is 1. The molecule has 0 atom stereocenters. The number of rotatable bonds is 9. The third-order valence-electron chi connectivity index (χ3n) is 4.50. The molecule has 3 aromatic rings. The molecular weight excluding hydrogens is 476 g/mol. The highest BCUT2D eigenvalue weighted by Crippen LogP contribution is 2.29. The van der Waals surface area contributed by atoms with Gasteiger partial charge in [-0.3, -0.25) is 19.6 Å². The minimum atomic E-state index is -3.90. The van der Waals surface area contributed by atoms with E-state index in [2.05, 4.69) is 10.4 Å². The summed E-state index contributed by atoms with van der Waals surface area (Å²) in [5.74, 6) is -0.395. The Morgan fingerprint density at radius 3 is 2.42 bits per heavy atom. The second kappa shape index (κ2) is 9.88. The van der Waals surface area contributed by atoms with Crippen LogP contribution >= 0.6 is 11.6 Å². The van der Waals surface area contributed by atoms with Crippen LogP contribution in [0, 0.1) is 10.1 Å². The molecule has 1 heterocycles. The number of amides is 1. The van der Waals surface area contributed by atoms with Gasteiger partial charge in [0.15, 0.2) is 0 Å². The predicted molar refractivity (Wildman–Crippen MR) is 119 cm³/mol. The normalized spacial score (nSPS) is 11.1. The molecule has 1 aromatic heterocycles. The van der Waals surface area contributed by atoms with Gasteiger partial charge in [-0.1, -0.05) is 11.6 Å². The summed E-state index contributed by atoms with van der Waals surface area (Å²) in [6.45, 7) is 0.0376. The fourth-order valence-electron chi connectivity index (χ4n) is 2.88. The number of nitro groups is 1. The van der Waals surface area contributed by atoms with E-state index in [1.54, 1.807) is 0 Å². The molecule has 0 aliphatic heterocycles. The van der Waals surface area contributed by atoms with Crippen molar-refractivity contribution in [1.29, 1.82) is 0 Å². The molecular formula is C20H19ClN4O7S. The van der Waals surface area contributed by atoms with Gasteiger partial charge in [-0.05, 0) is 36.4 Å².